The first-order chi connectivity index (χ1) is 5.84. The highest BCUT2D eigenvalue weighted by atomic mass is 32.3. The summed E-state index contributed by atoms with van der Waals surface area (Å²) in [5.74, 6) is -2.81. The lowest BCUT2D eigenvalue weighted by Crippen LogP contribution is -2.02. The van der Waals surface area contributed by atoms with Gasteiger partial charge in [-0.2, -0.15) is 8.42 Å². The van der Waals surface area contributed by atoms with Crippen LogP contribution in [0, 0.1) is 18.6 Å². The van der Waals surface area contributed by atoms with Gasteiger partial charge in [-0.1, -0.05) is 6.07 Å². The van der Waals surface area contributed by atoms with E-state index in [1.165, 1.54) is 6.92 Å². The zero-order chi connectivity index (χ0) is 10.2. The van der Waals surface area contributed by atoms with Gasteiger partial charge in [0.05, 0.1) is 0 Å². The van der Waals surface area contributed by atoms with Crippen molar-refractivity contribution >= 4 is 10.2 Å². The largest absolute Gasteiger partial charge is 0.337 e. The molecular weight excluding hydrogens is 205 g/mol. The standard InChI is InChI=1S/C7H5F3O2S/c1-4-2-3-5(8)7(6(4)9)13(10,11)12/h2-3H,1H3. The smallest absolute Gasteiger partial charge is 0.205 e. The molecule has 0 aliphatic rings. The zero-order valence-corrected chi connectivity index (χ0v) is 7.33. The molecule has 0 N–H and O–H groups in total. The van der Waals surface area contributed by atoms with Crippen LogP contribution in [-0.4, -0.2) is 8.42 Å². The second-order valence-corrected chi connectivity index (χ2v) is 3.73. The van der Waals surface area contributed by atoms with E-state index in [1.54, 1.807) is 0 Å². The maximum Gasteiger partial charge on any atom is 0.337 e. The summed E-state index contributed by atoms with van der Waals surface area (Å²) in [6.45, 7) is 1.21. The predicted molar refractivity (Wildman–Crippen MR) is 39.4 cm³/mol. The second kappa shape index (κ2) is 3.02. The first-order valence-electron chi connectivity index (χ1n) is 3.23. The number of aryl methyl sites for hydroxylation is 1. The highest BCUT2D eigenvalue weighted by Gasteiger charge is 2.24. The molecule has 0 fully saturated rings. The van der Waals surface area contributed by atoms with Gasteiger partial charge < -0.3 is 0 Å². The Morgan fingerprint density at radius 3 is 2.15 bits per heavy atom. The first kappa shape index (κ1) is 10.0. The lowest BCUT2D eigenvalue weighted by molar-refractivity contribution is 0.496. The van der Waals surface area contributed by atoms with E-state index in [-0.39, 0.29) is 5.56 Å². The fraction of sp³-hybridized carbons (Fsp3) is 0.143. The Kier molecular flexibility index (Phi) is 2.34. The molecule has 1 rings (SSSR count). The molecule has 13 heavy (non-hydrogen) atoms. The topological polar surface area (TPSA) is 34.1 Å². The van der Waals surface area contributed by atoms with Crippen LogP contribution in [0.25, 0.3) is 0 Å². The zero-order valence-electron chi connectivity index (χ0n) is 6.51. The van der Waals surface area contributed by atoms with Crippen molar-refractivity contribution < 1.29 is 21.1 Å². The summed E-state index contributed by atoms with van der Waals surface area (Å²) >= 11 is 0. The van der Waals surface area contributed by atoms with Crippen LogP contribution >= 0.6 is 0 Å². The van der Waals surface area contributed by atoms with Crippen LogP contribution in [0.1, 0.15) is 5.56 Å². The average molecular weight is 210 g/mol. The summed E-state index contributed by atoms with van der Waals surface area (Å²) in [5, 5.41) is 0. The van der Waals surface area contributed by atoms with Crippen molar-refractivity contribution in [2.24, 2.45) is 0 Å². The van der Waals surface area contributed by atoms with Crippen molar-refractivity contribution in [1.82, 2.24) is 0 Å². The van der Waals surface area contributed by atoms with Crippen molar-refractivity contribution in [2.45, 2.75) is 11.8 Å². The van der Waals surface area contributed by atoms with Gasteiger partial charge in [0.2, 0.25) is 0 Å². The summed E-state index contributed by atoms with van der Waals surface area (Å²) in [4.78, 5) is -1.52. The van der Waals surface area contributed by atoms with Gasteiger partial charge in [-0.15, -0.1) is 3.89 Å². The van der Waals surface area contributed by atoms with Gasteiger partial charge >= 0.3 is 10.2 Å². The van der Waals surface area contributed by atoms with E-state index in [4.69, 9.17) is 0 Å². The quantitative estimate of drug-likeness (QED) is 0.664. The molecule has 0 aliphatic heterocycles. The number of hydrogen-bond acceptors (Lipinski definition) is 2. The van der Waals surface area contributed by atoms with E-state index >= 15 is 0 Å². The van der Waals surface area contributed by atoms with Crippen molar-refractivity contribution in [2.75, 3.05) is 0 Å². The molecule has 0 saturated carbocycles. The van der Waals surface area contributed by atoms with E-state index in [9.17, 15) is 21.1 Å². The molecule has 0 unspecified atom stereocenters. The molecule has 6 heteroatoms. The van der Waals surface area contributed by atoms with Gasteiger partial charge in [-0.05, 0) is 18.6 Å². The lowest BCUT2D eigenvalue weighted by Gasteiger charge is -2.01. The van der Waals surface area contributed by atoms with E-state index in [0.717, 1.165) is 6.07 Å². The fourth-order valence-electron chi connectivity index (χ4n) is 0.854. The fourth-order valence-corrected chi connectivity index (χ4v) is 1.53. The maximum absolute atomic E-state index is 12.9. The number of benzene rings is 1. The van der Waals surface area contributed by atoms with Gasteiger partial charge in [-0.25, -0.2) is 8.78 Å². The van der Waals surface area contributed by atoms with Gasteiger partial charge in [-0.3, -0.25) is 0 Å². The van der Waals surface area contributed by atoms with Crippen LogP contribution in [0.4, 0.5) is 12.7 Å². The van der Waals surface area contributed by atoms with E-state index in [2.05, 4.69) is 0 Å². The van der Waals surface area contributed by atoms with Crippen LogP contribution in [-0.2, 0) is 10.2 Å². The summed E-state index contributed by atoms with van der Waals surface area (Å²) < 4.78 is 58.4. The third-order valence-corrected chi connectivity index (χ3v) is 2.35. The molecule has 0 heterocycles. The predicted octanol–water partition coefficient (Wildman–Crippen LogP) is 1.93. The minimum absolute atomic E-state index is 0.127. The SMILES string of the molecule is Cc1ccc(F)c(S(=O)(=O)F)c1F. The van der Waals surface area contributed by atoms with Crippen molar-refractivity contribution in [3.8, 4) is 0 Å². The van der Waals surface area contributed by atoms with E-state index in [0.29, 0.717) is 6.07 Å². The van der Waals surface area contributed by atoms with Crippen LogP contribution in [0.3, 0.4) is 0 Å². The van der Waals surface area contributed by atoms with Crippen molar-refractivity contribution in [1.29, 1.82) is 0 Å². The minimum Gasteiger partial charge on any atom is -0.205 e. The molecule has 1 aromatic rings. The van der Waals surface area contributed by atoms with Crippen LogP contribution in [0.2, 0.25) is 0 Å². The van der Waals surface area contributed by atoms with Crippen molar-refractivity contribution in [3.63, 3.8) is 0 Å². The molecule has 0 aliphatic carbocycles. The van der Waals surface area contributed by atoms with Gasteiger partial charge in [0.25, 0.3) is 0 Å². The van der Waals surface area contributed by atoms with Gasteiger partial charge in [0, 0.05) is 0 Å². The second-order valence-electron chi connectivity index (χ2n) is 2.45. The third kappa shape index (κ3) is 1.82. The van der Waals surface area contributed by atoms with Crippen LogP contribution < -0.4 is 0 Å². The molecule has 0 saturated heterocycles. The molecule has 0 spiro atoms. The van der Waals surface area contributed by atoms with Crippen molar-refractivity contribution in [3.05, 3.63) is 29.3 Å². The van der Waals surface area contributed by atoms with Gasteiger partial charge in [0.1, 0.15) is 11.6 Å². The Bertz CT molecular complexity index is 439. The van der Waals surface area contributed by atoms with Gasteiger partial charge in [0.15, 0.2) is 4.90 Å². The normalized spacial score (nSPS) is 11.7. The summed E-state index contributed by atoms with van der Waals surface area (Å²) in [7, 11) is -5.34. The Morgan fingerprint density at radius 1 is 1.23 bits per heavy atom. The molecule has 2 nitrogen and oxygen atoms in total. The number of halogens is 3. The lowest BCUT2D eigenvalue weighted by atomic mass is 10.2. The Balaban J connectivity index is 3.62. The first-order valence-corrected chi connectivity index (χ1v) is 4.61. The van der Waals surface area contributed by atoms with Crippen LogP contribution in [0.5, 0.6) is 0 Å². The number of rotatable bonds is 1. The molecule has 0 bridgehead atoms. The Labute approximate surface area is 73.2 Å². The molecule has 72 valence electrons. The molecule has 0 amide bonds. The molecule has 1 aromatic carbocycles. The molecule has 0 aromatic heterocycles. The monoisotopic (exact) mass is 210 g/mol. The molecular formula is C7H5F3O2S. The molecule has 0 radical (unpaired) electrons. The maximum atomic E-state index is 12.9. The highest BCUT2D eigenvalue weighted by molar-refractivity contribution is 7.86. The summed E-state index contributed by atoms with van der Waals surface area (Å²) in [6, 6.07) is 1.73. The van der Waals surface area contributed by atoms with E-state index in [1.807, 2.05) is 0 Å². The summed E-state index contributed by atoms with van der Waals surface area (Å²) in [6.07, 6.45) is 0. The highest BCUT2D eigenvalue weighted by Crippen LogP contribution is 2.22. The molecule has 0 atom stereocenters. The Hall–Kier alpha value is -1.04. The minimum atomic E-state index is -5.34. The third-order valence-electron chi connectivity index (χ3n) is 1.49. The average Bonchev–Trinajstić information content (AvgIpc) is 1.95. The Morgan fingerprint density at radius 2 is 1.77 bits per heavy atom. The van der Waals surface area contributed by atoms with E-state index < -0.39 is 26.8 Å². The summed E-state index contributed by atoms with van der Waals surface area (Å²) in [5.41, 5.74) is -0.127. The number of hydrogen-bond donors (Lipinski definition) is 0. The van der Waals surface area contributed by atoms with Crippen LogP contribution in [0.15, 0.2) is 17.0 Å².